The lowest BCUT2D eigenvalue weighted by molar-refractivity contribution is -0.139. The average molecular weight is 270 g/mol. The van der Waals surface area contributed by atoms with E-state index >= 15 is 0 Å². The molecule has 0 heterocycles. The third-order valence-electron chi connectivity index (χ3n) is 2.81. The Morgan fingerprint density at radius 3 is 2.22 bits per heavy atom. The number of hydrogen-bond acceptors (Lipinski definition) is 2. The number of aliphatic carboxylic acids is 1. The predicted octanol–water partition coefficient (Wildman–Crippen LogP) is 2.35. The van der Waals surface area contributed by atoms with Crippen molar-refractivity contribution in [3.05, 3.63) is 29.3 Å². The van der Waals surface area contributed by atoms with Crippen LogP contribution in [-0.4, -0.2) is 28.9 Å². The average Bonchev–Trinajstić information content (AvgIpc) is 2.32. The summed E-state index contributed by atoms with van der Waals surface area (Å²) in [4.78, 5) is 24.3. The number of halogens is 1. The van der Waals surface area contributed by atoms with E-state index in [1.54, 1.807) is 0 Å². The van der Waals surface area contributed by atoms with E-state index in [1.807, 2.05) is 32.0 Å². The fourth-order valence-electron chi connectivity index (χ4n) is 1.89. The molecule has 0 radical (unpaired) electrons. The third kappa shape index (κ3) is 2.82. The van der Waals surface area contributed by atoms with Crippen LogP contribution in [0.25, 0.3) is 0 Å². The monoisotopic (exact) mass is 269 g/mol. The van der Waals surface area contributed by atoms with Crippen molar-refractivity contribution in [1.82, 2.24) is 0 Å². The number of nitrogens with zero attached hydrogens (tertiary/aromatic N) is 1. The van der Waals surface area contributed by atoms with Gasteiger partial charge in [0, 0.05) is 0 Å². The molecule has 0 fully saturated rings. The molecule has 1 amide bonds. The zero-order chi connectivity index (χ0) is 13.9. The molecule has 1 N–H and O–H groups in total. The van der Waals surface area contributed by atoms with Gasteiger partial charge in [0.05, 0.1) is 5.69 Å². The minimum Gasteiger partial charge on any atom is -0.480 e. The molecule has 0 aliphatic rings. The van der Waals surface area contributed by atoms with Crippen LogP contribution in [0, 0.1) is 13.8 Å². The molecule has 0 saturated carbocycles. The van der Waals surface area contributed by atoms with Gasteiger partial charge in [0.1, 0.15) is 11.9 Å². The van der Waals surface area contributed by atoms with Crippen molar-refractivity contribution < 1.29 is 14.7 Å². The van der Waals surface area contributed by atoms with Gasteiger partial charge in [-0.15, -0.1) is 11.6 Å². The van der Waals surface area contributed by atoms with Crippen molar-refractivity contribution in [3.63, 3.8) is 0 Å². The van der Waals surface area contributed by atoms with Crippen molar-refractivity contribution in [1.29, 1.82) is 0 Å². The molecule has 0 aromatic heterocycles. The van der Waals surface area contributed by atoms with Gasteiger partial charge in [-0.1, -0.05) is 18.2 Å². The number of carbonyl (C=O) groups excluding carboxylic acids is 1. The number of anilines is 1. The van der Waals surface area contributed by atoms with Crippen molar-refractivity contribution >= 4 is 29.2 Å². The summed E-state index contributed by atoms with van der Waals surface area (Å²) in [5.74, 6) is -1.72. The van der Waals surface area contributed by atoms with Crippen molar-refractivity contribution in [2.24, 2.45) is 0 Å². The molecule has 1 unspecified atom stereocenters. The highest BCUT2D eigenvalue weighted by Crippen LogP contribution is 2.26. The summed E-state index contributed by atoms with van der Waals surface area (Å²) in [7, 11) is 0. The molecule has 0 spiro atoms. The van der Waals surface area contributed by atoms with Crippen LogP contribution in [0.1, 0.15) is 18.1 Å². The summed E-state index contributed by atoms with van der Waals surface area (Å²) < 4.78 is 0. The third-order valence-corrected chi connectivity index (χ3v) is 3.04. The zero-order valence-corrected chi connectivity index (χ0v) is 11.4. The van der Waals surface area contributed by atoms with Gasteiger partial charge in [-0.2, -0.15) is 0 Å². The zero-order valence-electron chi connectivity index (χ0n) is 10.6. The van der Waals surface area contributed by atoms with Crippen LogP contribution < -0.4 is 4.90 Å². The van der Waals surface area contributed by atoms with Gasteiger partial charge in [0.25, 0.3) is 0 Å². The van der Waals surface area contributed by atoms with Crippen LogP contribution in [-0.2, 0) is 9.59 Å². The molecule has 18 heavy (non-hydrogen) atoms. The topological polar surface area (TPSA) is 57.6 Å². The SMILES string of the molecule is Cc1cccc(C)c1N(C(=O)CCl)C(C)C(=O)O. The molecule has 1 aromatic rings. The lowest BCUT2D eigenvalue weighted by atomic mass is 10.1. The molecule has 4 nitrogen and oxygen atoms in total. The number of carbonyl (C=O) groups is 2. The lowest BCUT2D eigenvalue weighted by Gasteiger charge is -2.29. The van der Waals surface area contributed by atoms with E-state index in [0.29, 0.717) is 5.69 Å². The predicted molar refractivity (Wildman–Crippen MR) is 71.2 cm³/mol. The Morgan fingerprint density at radius 2 is 1.83 bits per heavy atom. The number of carboxylic acid groups (broad SMARTS) is 1. The van der Waals surface area contributed by atoms with E-state index in [-0.39, 0.29) is 5.88 Å². The summed E-state index contributed by atoms with van der Waals surface area (Å²) in [6.07, 6.45) is 0. The molecule has 0 saturated heterocycles. The van der Waals surface area contributed by atoms with E-state index in [2.05, 4.69) is 0 Å². The Kier molecular flexibility index (Phi) is 4.73. The highest BCUT2D eigenvalue weighted by Gasteiger charge is 2.28. The molecule has 1 atom stereocenters. The van der Waals surface area contributed by atoms with Crippen LogP contribution >= 0.6 is 11.6 Å². The molecular formula is C13H16ClNO3. The Bertz CT molecular complexity index is 453. The minimum atomic E-state index is -1.06. The highest BCUT2D eigenvalue weighted by molar-refractivity contribution is 6.29. The lowest BCUT2D eigenvalue weighted by Crippen LogP contribution is -2.45. The summed E-state index contributed by atoms with van der Waals surface area (Å²) >= 11 is 5.57. The fourth-order valence-corrected chi connectivity index (χ4v) is 2.02. The molecule has 98 valence electrons. The van der Waals surface area contributed by atoms with Gasteiger partial charge in [-0.3, -0.25) is 9.69 Å². The van der Waals surface area contributed by atoms with Crippen LogP contribution in [0.3, 0.4) is 0 Å². The summed E-state index contributed by atoms with van der Waals surface area (Å²) in [6.45, 7) is 5.15. The number of amides is 1. The molecular weight excluding hydrogens is 254 g/mol. The van der Waals surface area contributed by atoms with E-state index in [9.17, 15) is 9.59 Å². The van der Waals surface area contributed by atoms with E-state index in [0.717, 1.165) is 11.1 Å². The summed E-state index contributed by atoms with van der Waals surface area (Å²) in [5, 5.41) is 9.10. The number of para-hydroxylation sites is 1. The van der Waals surface area contributed by atoms with Crippen LogP contribution in [0.4, 0.5) is 5.69 Å². The number of aryl methyl sites for hydroxylation is 2. The molecule has 1 rings (SSSR count). The first-order valence-corrected chi connectivity index (χ1v) is 6.10. The number of alkyl halides is 1. The molecule has 0 aliphatic heterocycles. The first-order chi connectivity index (χ1) is 8.40. The minimum absolute atomic E-state index is 0.245. The van der Waals surface area contributed by atoms with Crippen molar-refractivity contribution in [2.75, 3.05) is 10.8 Å². The van der Waals surface area contributed by atoms with Gasteiger partial charge in [-0.25, -0.2) is 4.79 Å². The first-order valence-electron chi connectivity index (χ1n) is 5.57. The number of benzene rings is 1. The standard InChI is InChI=1S/C13H16ClNO3/c1-8-5-4-6-9(2)12(8)15(11(16)7-14)10(3)13(17)18/h4-6,10H,7H2,1-3H3,(H,17,18). The number of hydrogen-bond donors (Lipinski definition) is 1. The van der Waals surface area contributed by atoms with Crippen molar-refractivity contribution in [3.8, 4) is 0 Å². The van der Waals surface area contributed by atoms with Crippen molar-refractivity contribution in [2.45, 2.75) is 26.8 Å². The van der Waals surface area contributed by atoms with Gasteiger partial charge < -0.3 is 5.11 Å². The van der Waals surface area contributed by atoms with E-state index in [4.69, 9.17) is 16.7 Å². The van der Waals surface area contributed by atoms with Gasteiger partial charge >= 0.3 is 5.97 Å². The maximum atomic E-state index is 11.9. The number of carboxylic acids is 1. The normalized spacial score (nSPS) is 12.0. The Labute approximate surface area is 111 Å². The largest absolute Gasteiger partial charge is 0.480 e. The van der Waals surface area contributed by atoms with Gasteiger partial charge in [0.15, 0.2) is 0 Å². The molecule has 1 aromatic carbocycles. The van der Waals surface area contributed by atoms with E-state index in [1.165, 1.54) is 11.8 Å². The van der Waals surface area contributed by atoms with Gasteiger partial charge in [0.2, 0.25) is 5.91 Å². The summed E-state index contributed by atoms with van der Waals surface area (Å²) in [5.41, 5.74) is 2.32. The second-order valence-electron chi connectivity index (χ2n) is 4.15. The molecule has 5 heteroatoms. The summed E-state index contributed by atoms with van der Waals surface area (Å²) in [6, 6.07) is 4.59. The Hall–Kier alpha value is -1.55. The maximum Gasteiger partial charge on any atom is 0.326 e. The highest BCUT2D eigenvalue weighted by atomic mass is 35.5. The smallest absolute Gasteiger partial charge is 0.326 e. The second-order valence-corrected chi connectivity index (χ2v) is 4.42. The fraction of sp³-hybridized carbons (Fsp3) is 0.385. The first kappa shape index (κ1) is 14.5. The van der Waals surface area contributed by atoms with Crippen LogP contribution in [0.15, 0.2) is 18.2 Å². The van der Waals surface area contributed by atoms with Crippen LogP contribution in [0.5, 0.6) is 0 Å². The molecule has 0 bridgehead atoms. The number of rotatable bonds is 4. The molecule has 0 aliphatic carbocycles. The van der Waals surface area contributed by atoms with E-state index < -0.39 is 17.9 Å². The maximum absolute atomic E-state index is 11.9. The Balaban J connectivity index is 3.35. The van der Waals surface area contributed by atoms with Gasteiger partial charge in [-0.05, 0) is 31.9 Å². The van der Waals surface area contributed by atoms with Crippen LogP contribution in [0.2, 0.25) is 0 Å². The quantitative estimate of drug-likeness (QED) is 0.854. The second kappa shape index (κ2) is 5.87. The Morgan fingerprint density at radius 1 is 1.33 bits per heavy atom.